The molecular weight excluding hydrogens is 426 g/mol. The van der Waals surface area contributed by atoms with E-state index in [0.29, 0.717) is 37.0 Å². The molecule has 2 aliphatic rings. The molecule has 2 aromatic rings. The number of nitrogens with zero attached hydrogens (tertiary/aromatic N) is 1. The zero-order valence-corrected chi connectivity index (χ0v) is 19.0. The number of hydrogen-bond acceptors (Lipinski definition) is 6. The molecule has 0 radical (unpaired) electrons. The van der Waals surface area contributed by atoms with E-state index in [1.54, 1.807) is 6.07 Å². The van der Waals surface area contributed by atoms with Gasteiger partial charge in [0, 0.05) is 44.6 Å². The maximum Gasteiger partial charge on any atom is 0.262 e. The van der Waals surface area contributed by atoms with Crippen LogP contribution in [0.3, 0.4) is 0 Å². The van der Waals surface area contributed by atoms with Gasteiger partial charge in [-0.05, 0) is 23.4 Å². The molecular formula is C24H31N3O4S. The minimum atomic E-state index is -0.642. The Morgan fingerprint density at radius 3 is 2.56 bits per heavy atom. The molecule has 3 atom stereocenters. The van der Waals surface area contributed by atoms with Crippen LogP contribution in [0, 0.1) is 5.92 Å². The minimum absolute atomic E-state index is 0.157. The Morgan fingerprint density at radius 2 is 1.88 bits per heavy atom. The number of rotatable bonds is 9. The number of morpholine rings is 1. The molecule has 2 N–H and O–H groups in total. The van der Waals surface area contributed by atoms with E-state index in [2.05, 4.69) is 15.5 Å². The lowest BCUT2D eigenvalue weighted by molar-refractivity contribution is -0.123. The van der Waals surface area contributed by atoms with E-state index in [0.717, 1.165) is 38.3 Å². The van der Waals surface area contributed by atoms with Crippen molar-refractivity contribution in [2.45, 2.75) is 24.9 Å². The van der Waals surface area contributed by atoms with Crippen molar-refractivity contribution in [2.75, 3.05) is 46.1 Å². The van der Waals surface area contributed by atoms with Gasteiger partial charge in [0.15, 0.2) is 0 Å². The zero-order chi connectivity index (χ0) is 22.2. The summed E-state index contributed by atoms with van der Waals surface area (Å²) in [4.78, 5) is 28.9. The summed E-state index contributed by atoms with van der Waals surface area (Å²) >= 11 is 1.37. The molecule has 4 rings (SSSR count). The molecule has 3 heterocycles. The number of carbonyl (C=O) groups excluding carboxylic acids is 2. The molecule has 0 saturated carbocycles. The molecule has 1 aromatic carbocycles. The van der Waals surface area contributed by atoms with E-state index in [9.17, 15) is 9.59 Å². The summed E-state index contributed by atoms with van der Waals surface area (Å²) < 4.78 is 11.1. The molecule has 2 fully saturated rings. The molecule has 32 heavy (non-hydrogen) atoms. The van der Waals surface area contributed by atoms with E-state index in [4.69, 9.17) is 9.47 Å². The van der Waals surface area contributed by atoms with Crippen LogP contribution in [0.5, 0.6) is 0 Å². The fraction of sp³-hybridized carbons (Fsp3) is 0.500. The molecule has 172 valence electrons. The van der Waals surface area contributed by atoms with Crippen molar-refractivity contribution >= 4 is 23.2 Å². The molecule has 0 bridgehead atoms. The van der Waals surface area contributed by atoms with Crippen LogP contribution < -0.4 is 10.6 Å². The number of hydrogen-bond donors (Lipinski definition) is 2. The lowest BCUT2D eigenvalue weighted by Gasteiger charge is -2.37. The Labute approximate surface area is 193 Å². The first-order valence-corrected chi connectivity index (χ1v) is 12.1. The van der Waals surface area contributed by atoms with Crippen LogP contribution in [-0.4, -0.2) is 74.9 Å². The van der Waals surface area contributed by atoms with Crippen LogP contribution in [0.4, 0.5) is 0 Å². The second-order valence-electron chi connectivity index (χ2n) is 8.28. The van der Waals surface area contributed by atoms with Crippen LogP contribution in [0.2, 0.25) is 0 Å². The molecule has 8 heteroatoms. The number of nitrogens with one attached hydrogen (secondary N) is 2. The second kappa shape index (κ2) is 11.6. The predicted octanol–water partition coefficient (Wildman–Crippen LogP) is 1.94. The Bertz CT molecular complexity index is 849. The summed E-state index contributed by atoms with van der Waals surface area (Å²) in [5, 5.41) is 7.94. The van der Waals surface area contributed by atoms with Gasteiger partial charge in [0.05, 0.1) is 24.7 Å². The molecule has 0 aliphatic carbocycles. The van der Waals surface area contributed by atoms with Crippen molar-refractivity contribution in [3.63, 3.8) is 0 Å². The largest absolute Gasteiger partial charge is 0.381 e. The highest BCUT2D eigenvalue weighted by Gasteiger charge is 2.32. The zero-order valence-electron chi connectivity index (χ0n) is 18.2. The van der Waals surface area contributed by atoms with Crippen LogP contribution in [0.1, 0.15) is 21.7 Å². The van der Waals surface area contributed by atoms with Gasteiger partial charge in [0.25, 0.3) is 5.91 Å². The van der Waals surface area contributed by atoms with Crippen molar-refractivity contribution < 1.29 is 19.1 Å². The Morgan fingerprint density at radius 1 is 1.06 bits per heavy atom. The number of ether oxygens (including phenoxy) is 2. The van der Waals surface area contributed by atoms with Gasteiger partial charge in [-0.25, -0.2) is 0 Å². The van der Waals surface area contributed by atoms with Crippen molar-refractivity contribution in [3.8, 4) is 0 Å². The smallest absolute Gasteiger partial charge is 0.262 e. The number of carbonyl (C=O) groups is 2. The SMILES string of the molecule is O=C(NC(Cc1ccccc1)C(=O)NCC(C1CCOC1)N1CCOCC1)c1cccs1. The third-order valence-corrected chi connectivity index (χ3v) is 7.03. The minimum Gasteiger partial charge on any atom is -0.381 e. The van der Waals surface area contributed by atoms with Gasteiger partial charge in [0.2, 0.25) is 5.91 Å². The van der Waals surface area contributed by atoms with Gasteiger partial charge < -0.3 is 20.1 Å². The fourth-order valence-corrected chi connectivity index (χ4v) is 5.01. The number of thiophene rings is 1. The average molecular weight is 458 g/mol. The quantitative estimate of drug-likeness (QED) is 0.602. The number of amides is 2. The van der Waals surface area contributed by atoms with Crippen molar-refractivity contribution in [1.82, 2.24) is 15.5 Å². The Hall–Kier alpha value is -2.26. The highest BCUT2D eigenvalue weighted by atomic mass is 32.1. The first kappa shape index (κ1) is 22.9. The van der Waals surface area contributed by atoms with Gasteiger partial charge >= 0.3 is 0 Å². The van der Waals surface area contributed by atoms with Gasteiger partial charge in [-0.3, -0.25) is 14.5 Å². The summed E-state index contributed by atoms with van der Waals surface area (Å²) in [5.74, 6) is 0.0163. The van der Waals surface area contributed by atoms with Gasteiger partial charge in [-0.2, -0.15) is 0 Å². The summed E-state index contributed by atoms with van der Waals surface area (Å²) in [7, 11) is 0. The fourth-order valence-electron chi connectivity index (χ4n) is 4.38. The molecule has 2 aliphatic heterocycles. The van der Waals surface area contributed by atoms with Crippen LogP contribution in [0.25, 0.3) is 0 Å². The maximum absolute atomic E-state index is 13.3. The third kappa shape index (κ3) is 6.16. The van der Waals surface area contributed by atoms with Crippen molar-refractivity contribution in [2.24, 2.45) is 5.92 Å². The third-order valence-electron chi connectivity index (χ3n) is 6.16. The van der Waals surface area contributed by atoms with Gasteiger partial charge in [-0.15, -0.1) is 11.3 Å². The predicted molar refractivity (Wildman–Crippen MR) is 124 cm³/mol. The van der Waals surface area contributed by atoms with Gasteiger partial charge in [0.1, 0.15) is 6.04 Å². The topological polar surface area (TPSA) is 79.9 Å². The molecule has 0 spiro atoms. The molecule has 2 saturated heterocycles. The standard InChI is InChI=1S/C24H31N3O4S/c28-23(25-16-21(19-8-11-31-17-19)27-9-12-30-13-10-27)20(15-18-5-2-1-3-6-18)26-24(29)22-7-4-14-32-22/h1-7,14,19-21H,8-13,15-17H2,(H,25,28)(H,26,29). The average Bonchev–Trinajstić information content (AvgIpc) is 3.55. The summed E-state index contributed by atoms with van der Waals surface area (Å²) in [6.45, 7) is 5.18. The summed E-state index contributed by atoms with van der Waals surface area (Å²) in [6.07, 6.45) is 1.44. The van der Waals surface area contributed by atoms with Crippen LogP contribution in [-0.2, 0) is 20.7 Å². The molecule has 3 unspecified atom stereocenters. The van der Waals surface area contributed by atoms with Crippen molar-refractivity contribution in [3.05, 3.63) is 58.3 Å². The lowest BCUT2D eigenvalue weighted by Crippen LogP contribution is -2.55. The first-order chi connectivity index (χ1) is 15.7. The van der Waals surface area contributed by atoms with E-state index in [1.165, 1.54) is 11.3 Å². The highest BCUT2D eigenvalue weighted by Crippen LogP contribution is 2.22. The maximum atomic E-state index is 13.3. The van der Waals surface area contributed by atoms with Crippen LogP contribution >= 0.6 is 11.3 Å². The first-order valence-electron chi connectivity index (χ1n) is 11.3. The Kier molecular flexibility index (Phi) is 8.28. The number of benzene rings is 1. The van der Waals surface area contributed by atoms with E-state index >= 15 is 0 Å². The second-order valence-corrected chi connectivity index (χ2v) is 9.23. The Balaban J connectivity index is 1.43. The lowest BCUT2D eigenvalue weighted by atomic mass is 9.96. The van der Waals surface area contributed by atoms with E-state index < -0.39 is 6.04 Å². The summed E-state index contributed by atoms with van der Waals surface area (Å²) in [6, 6.07) is 13.0. The van der Waals surface area contributed by atoms with Crippen LogP contribution in [0.15, 0.2) is 47.8 Å². The molecule has 7 nitrogen and oxygen atoms in total. The van der Waals surface area contributed by atoms with Gasteiger partial charge in [-0.1, -0.05) is 36.4 Å². The normalized spacial score (nSPS) is 21.1. The summed E-state index contributed by atoms with van der Waals surface area (Å²) in [5.41, 5.74) is 1.01. The molecule has 1 aromatic heterocycles. The van der Waals surface area contributed by atoms with Crippen molar-refractivity contribution in [1.29, 1.82) is 0 Å². The highest BCUT2D eigenvalue weighted by molar-refractivity contribution is 7.12. The van der Waals surface area contributed by atoms with E-state index in [1.807, 2.05) is 41.8 Å². The monoisotopic (exact) mass is 457 g/mol. The van der Waals surface area contributed by atoms with E-state index in [-0.39, 0.29) is 17.9 Å². The molecule has 2 amide bonds.